The number of aryl methyl sites for hydroxylation is 2. The van der Waals surface area contributed by atoms with E-state index in [0.29, 0.717) is 12.1 Å². The first kappa shape index (κ1) is 23.9. The summed E-state index contributed by atoms with van der Waals surface area (Å²) >= 11 is 0. The van der Waals surface area contributed by atoms with Crippen LogP contribution in [0.15, 0.2) is 54.9 Å². The molecule has 7 nitrogen and oxygen atoms in total. The fourth-order valence-corrected chi connectivity index (χ4v) is 3.19. The van der Waals surface area contributed by atoms with Crippen molar-refractivity contribution in [2.75, 3.05) is 0 Å². The molecule has 0 unspecified atom stereocenters. The number of pyridine rings is 2. The fourth-order valence-electron chi connectivity index (χ4n) is 3.19. The number of amides is 2. The first-order valence-electron chi connectivity index (χ1n) is 10.8. The largest absolute Gasteiger partial charge is 0.444 e. The predicted octanol–water partition coefficient (Wildman–Crippen LogP) is 4.72. The van der Waals surface area contributed by atoms with Crippen molar-refractivity contribution >= 4 is 12.0 Å². The van der Waals surface area contributed by atoms with Crippen LogP contribution < -0.4 is 10.6 Å². The predicted molar refractivity (Wildman–Crippen MR) is 128 cm³/mol. The van der Waals surface area contributed by atoms with Crippen molar-refractivity contribution in [3.05, 3.63) is 82.9 Å². The Kier molecular flexibility index (Phi) is 7.43. The number of hydrogen-bond donors (Lipinski definition) is 2. The monoisotopic (exact) mass is 446 g/mol. The van der Waals surface area contributed by atoms with Gasteiger partial charge in [0.2, 0.25) is 0 Å². The van der Waals surface area contributed by atoms with Crippen LogP contribution in [0.3, 0.4) is 0 Å². The van der Waals surface area contributed by atoms with Crippen LogP contribution in [0.2, 0.25) is 0 Å². The third-order valence-corrected chi connectivity index (χ3v) is 4.75. The molecule has 0 aliphatic carbocycles. The van der Waals surface area contributed by atoms with Crippen LogP contribution in [0, 0.1) is 13.8 Å². The molecule has 2 aromatic heterocycles. The van der Waals surface area contributed by atoms with E-state index in [-0.39, 0.29) is 12.5 Å². The molecule has 172 valence electrons. The van der Waals surface area contributed by atoms with Gasteiger partial charge in [-0.15, -0.1) is 0 Å². The Labute approximate surface area is 194 Å². The molecule has 0 aliphatic rings. The number of aromatic nitrogens is 2. The summed E-state index contributed by atoms with van der Waals surface area (Å²) in [4.78, 5) is 33.6. The van der Waals surface area contributed by atoms with Gasteiger partial charge in [0.25, 0.3) is 5.91 Å². The average molecular weight is 447 g/mol. The lowest BCUT2D eigenvalue weighted by Crippen LogP contribution is -2.32. The first-order chi connectivity index (χ1) is 15.6. The van der Waals surface area contributed by atoms with Crippen molar-refractivity contribution in [2.24, 2.45) is 0 Å². The minimum atomic E-state index is -0.587. The van der Waals surface area contributed by atoms with E-state index in [2.05, 4.69) is 20.6 Å². The normalized spacial score (nSPS) is 11.1. The summed E-state index contributed by atoms with van der Waals surface area (Å²) in [6, 6.07) is 13.3. The van der Waals surface area contributed by atoms with Gasteiger partial charge in [0.05, 0.1) is 0 Å². The van der Waals surface area contributed by atoms with Crippen molar-refractivity contribution in [2.45, 2.75) is 53.3 Å². The van der Waals surface area contributed by atoms with Crippen LogP contribution in [-0.2, 0) is 17.8 Å². The van der Waals surface area contributed by atoms with Crippen LogP contribution in [0.1, 0.15) is 53.6 Å². The molecule has 33 heavy (non-hydrogen) atoms. The lowest BCUT2D eigenvalue weighted by Gasteiger charge is -2.20. The van der Waals surface area contributed by atoms with E-state index in [1.54, 1.807) is 18.5 Å². The number of ether oxygens (including phenoxy) is 1. The van der Waals surface area contributed by atoms with Gasteiger partial charge in [-0.05, 0) is 93.3 Å². The van der Waals surface area contributed by atoms with Crippen LogP contribution in [0.5, 0.6) is 0 Å². The van der Waals surface area contributed by atoms with Gasteiger partial charge in [-0.25, -0.2) is 4.79 Å². The summed E-state index contributed by atoms with van der Waals surface area (Å²) in [6.07, 6.45) is 2.98. The van der Waals surface area contributed by atoms with E-state index >= 15 is 0 Å². The summed E-state index contributed by atoms with van der Waals surface area (Å²) < 4.78 is 5.32. The zero-order chi connectivity index (χ0) is 24.0. The fraction of sp³-hybridized carbons (Fsp3) is 0.308. The molecule has 3 aromatic rings. The lowest BCUT2D eigenvalue weighted by atomic mass is 9.99. The Morgan fingerprint density at radius 1 is 0.848 bits per heavy atom. The molecule has 0 bridgehead atoms. The molecule has 0 aliphatic heterocycles. The Balaban J connectivity index is 1.82. The van der Waals surface area contributed by atoms with Crippen LogP contribution in [0.25, 0.3) is 11.1 Å². The van der Waals surface area contributed by atoms with Crippen molar-refractivity contribution in [1.29, 1.82) is 0 Å². The third kappa shape index (κ3) is 7.42. The van der Waals surface area contributed by atoms with E-state index in [1.165, 1.54) is 0 Å². The van der Waals surface area contributed by atoms with Crippen molar-refractivity contribution < 1.29 is 14.3 Å². The van der Waals surface area contributed by atoms with Gasteiger partial charge in [0.1, 0.15) is 5.60 Å². The second-order valence-electron chi connectivity index (χ2n) is 8.95. The van der Waals surface area contributed by atoms with Crippen molar-refractivity contribution in [3.8, 4) is 11.1 Å². The third-order valence-electron chi connectivity index (χ3n) is 4.75. The zero-order valence-electron chi connectivity index (χ0n) is 19.7. The average Bonchev–Trinajstić information content (AvgIpc) is 2.76. The number of rotatable bonds is 6. The minimum Gasteiger partial charge on any atom is -0.444 e. The Morgan fingerprint density at radius 2 is 1.61 bits per heavy atom. The molecule has 0 spiro atoms. The number of nitrogens with zero attached hydrogens (tertiary/aromatic N) is 2. The minimum absolute atomic E-state index is 0.207. The molecular formula is C26H30N4O3. The van der Waals surface area contributed by atoms with Gasteiger partial charge >= 0.3 is 6.09 Å². The molecule has 0 fully saturated rings. The molecule has 0 radical (unpaired) electrons. The maximum absolute atomic E-state index is 13.0. The summed E-state index contributed by atoms with van der Waals surface area (Å²) in [7, 11) is 0. The van der Waals surface area contributed by atoms with Gasteiger partial charge in [-0.2, -0.15) is 0 Å². The molecule has 1 aromatic carbocycles. The van der Waals surface area contributed by atoms with Crippen LogP contribution in [0.4, 0.5) is 4.79 Å². The van der Waals surface area contributed by atoms with Gasteiger partial charge < -0.3 is 15.4 Å². The topological polar surface area (TPSA) is 93.2 Å². The number of carbonyl (C=O) groups excluding carboxylic acids is 2. The molecule has 3 rings (SSSR count). The number of benzene rings is 1. The zero-order valence-corrected chi connectivity index (χ0v) is 19.7. The molecule has 7 heteroatoms. The second-order valence-corrected chi connectivity index (χ2v) is 8.95. The quantitative estimate of drug-likeness (QED) is 0.572. The van der Waals surface area contributed by atoms with E-state index in [4.69, 9.17) is 4.74 Å². The van der Waals surface area contributed by atoms with Crippen molar-refractivity contribution in [3.63, 3.8) is 0 Å². The number of hydrogen-bond acceptors (Lipinski definition) is 5. The standard InChI is InChI=1S/C26H30N4O3/c1-17-6-7-19(14-28-17)15-29-24(31)23-12-20(16-30-25(32)33-26(3,4)5)11-22(13-23)21-8-9-27-18(2)10-21/h6-14H,15-16H2,1-5H3,(H,29,31)(H,30,32). The highest BCUT2D eigenvalue weighted by Gasteiger charge is 2.16. The van der Waals surface area contributed by atoms with E-state index in [1.807, 2.05) is 71.0 Å². The first-order valence-corrected chi connectivity index (χ1v) is 10.8. The van der Waals surface area contributed by atoms with E-state index in [9.17, 15) is 9.59 Å². The number of alkyl carbamates (subject to hydrolysis) is 1. The van der Waals surface area contributed by atoms with Gasteiger partial charge in [0.15, 0.2) is 0 Å². The summed E-state index contributed by atoms with van der Waals surface area (Å²) in [5.74, 6) is -0.207. The van der Waals surface area contributed by atoms with E-state index < -0.39 is 11.7 Å². The summed E-state index contributed by atoms with van der Waals surface area (Å²) in [6.45, 7) is 9.87. The van der Waals surface area contributed by atoms with Gasteiger partial charge in [0, 0.05) is 42.4 Å². The highest BCUT2D eigenvalue weighted by Crippen LogP contribution is 2.23. The lowest BCUT2D eigenvalue weighted by molar-refractivity contribution is 0.0523. The molecule has 0 saturated heterocycles. The van der Waals surface area contributed by atoms with Crippen molar-refractivity contribution in [1.82, 2.24) is 20.6 Å². The van der Waals surface area contributed by atoms with E-state index in [0.717, 1.165) is 33.6 Å². The smallest absolute Gasteiger partial charge is 0.407 e. The van der Waals surface area contributed by atoms with Crippen LogP contribution >= 0.6 is 0 Å². The van der Waals surface area contributed by atoms with Crippen LogP contribution in [-0.4, -0.2) is 27.6 Å². The summed E-state index contributed by atoms with van der Waals surface area (Å²) in [5.41, 5.74) is 5.23. The number of carbonyl (C=O) groups is 2. The maximum atomic E-state index is 13.0. The highest BCUT2D eigenvalue weighted by molar-refractivity contribution is 5.95. The molecular weight excluding hydrogens is 416 g/mol. The Bertz CT molecular complexity index is 1140. The Morgan fingerprint density at radius 3 is 2.27 bits per heavy atom. The number of nitrogens with one attached hydrogen (secondary N) is 2. The molecule has 0 atom stereocenters. The maximum Gasteiger partial charge on any atom is 0.407 e. The Hall–Kier alpha value is -3.74. The second kappa shape index (κ2) is 10.3. The summed E-state index contributed by atoms with van der Waals surface area (Å²) in [5, 5.41) is 5.71. The SMILES string of the molecule is Cc1ccc(CNC(=O)c2cc(CNC(=O)OC(C)(C)C)cc(-c3ccnc(C)c3)c2)cn1. The highest BCUT2D eigenvalue weighted by atomic mass is 16.6. The molecule has 0 saturated carbocycles. The van der Waals surface area contributed by atoms with Gasteiger partial charge in [-0.3, -0.25) is 14.8 Å². The molecule has 2 heterocycles. The van der Waals surface area contributed by atoms with Gasteiger partial charge in [-0.1, -0.05) is 6.07 Å². The molecule has 2 amide bonds. The molecule has 2 N–H and O–H groups in total.